The summed E-state index contributed by atoms with van der Waals surface area (Å²) >= 11 is 0. The van der Waals surface area contributed by atoms with E-state index in [4.69, 9.17) is 14.3 Å². The van der Waals surface area contributed by atoms with Crippen molar-refractivity contribution >= 4 is 16.9 Å². The van der Waals surface area contributed by atoms with Gasteiger partial charge < -0.3 is 19.2 Å². The fourth-order valence-electron chi connectivity index (χ4n) is 3.04. The van der Waals surface area contributed by atoms with E-state index < -0.39 is 0 Å². The van der Waals surface area contributed by atoms with Crippen molar-refractivity contribution in [2.24, 2.45) is 0 Å². The highest BCUT2D eigenvalue weighted by molar-refractivity contribution is 6.00. The number of piperazine rings is 1. The first kappa shape index (κ1) is 15.8. The van der Waals surface area contributed by atoms with Gasteiger partial charge in [-0.05, 0) is 13.0 Å². The Labute approximate surface area is 135 Å². The summed E-state index contributed by atoms with van der Waals surface area (Å²) in [6, 6.07) is 5.66. The summed E-state index contributed by atoms with van der Waals surface area (Å²) in [6.45, 7) is 5.54. The molecule has 1 aromatic heterocycles. The maximum absolute atomic E-state index is 12.8. The topological polar surface area (TPSA) is 66.2 Å². The third-order valence-corrected chi connectivity index (χ3v) is 4.42. The molecule has 1 N–H and O–H groups in total. The van der Waals surface area contributed by atoms with E-state index in [2.05, 4.69) is 4.90 Å². The molecule has 2 heterocycles. The molecule has 1 aliphatic heterocycles. The molecule has 1 aliphatic rings. The smallest absolute Gasteiger partial charge is 0.289 e. The monoisotopic (exact) mass is 318 g/mol. The number of β-amino-alcohol motifs (C(OH)–C–C–N with tert-alkyl or cyclic N) is 1. The van der Waals surface area contributed by atoms with Crippen LogP contribution in [0.25, 0.3) is 11.0 Å². The number of furan rings is 1. The molecule has 0 aliphatic carbocycles. The fourth-order valence-corrected chi connectivity index (χ4v) is 3.04. The molecule has 1 saturated heterocycles. The Hall–Kier alpha value is -2.05. The fraction of sp³-hybridized carbons (Fsp3) is 0.471. The number of rotatable bonds is 4. The number of nitrogens with zero attached hydrogens (tertiary/aromatic N) is 2. The molecule has 3 rings (SSSR count). The first-order chi connectivity index (χ1) is 11.2. The highest BCUT2D eigenvalue weighted by Crippen LogP contribution is 2.32. The Bertz CT molecular complexity index is 702. The molecule has 0 radical (unpaired) electrons. The summed E-state index contributed by atoms with van der Waals surface area (Å²) in [5.41, 5.74) is 1.47. The van der Waals surface area contributed by atoms with E-state index in [9.17, 15) is 4.79 Å². The van der Waals surface area contributed by atoms with E-state index in [0.717, 1.165) is 24.0 Å². The van der Waals surface area contributed by atoms with Crippen LogP contribution in [0.15, 0.2) is 22.6 Å². The number of benzene rings is 1. The summed E-state index contributed by atoms with van der Waals surface area (Å²) in [4.78, 5) is 16.7. The van der Waals surface area contributed by atoms with Crippen LogP contribution in [0, 0.1) is 6.92 Å². The summed E-state index contributed by atoms with van der Waals surface area (Å²) in [6.07, 6.45) is 0. The van der Waals surface area contributed by atoms with Gasteiger partial charge in [0.15, 0.2) is 17.1 Å². The van der Waals surface area contributed by atoms with Crippen LogP contribution in [0.2, 0.25) is 0 Å². The predicted octanol–water partition coefficient (Wildman–Crippen LogP) is 1.50. The largest absolute Gasteiger partial charge is 0.493 e. The Kier molecular flexibility index (Phi) is 4.54. The predicted molar refractivity (Wildman–Crippen MR) is 86.9 cm³/mol. The summed E-state index contributed by atoms with van der Waals surface area (Å²) in [5, 5.41) is 9.90. The van der Waals surface area contributed by atoms with Crippen molar-refractivity contribution in [2.45, 2.75) is 6.92 Å². The van der Waals surface area contributed by atoms with Gasteiger partial charge in [0, 0.05) is 43.7 Å². The van der Waals surface area contributed by atoms with Crippen molar-refractivity contribution in [3.05, 3.63) is 29.5 Å². The van der Waals surface area contributed by atoms with Gasteiger partial charge in [-0.25, -0.2) is 0 Å². The number of methoxy groups -OCH3 is 1. The lowest BCUT2D eigenvalue weighted by Crippen LogP contribution is -2.49. The second kappa shape index (κ2) is 6.60. The number of amides is 1. The second-order valence-corrected chi connectivity index (χ2v) is 5.75. The molecule has 0 spiro atoms. The number of ether oxygens (including phenoxy) is 1. The molecular formula is C17H22N2O4. The molecular weight excluding hydrogens is 296 g/mol. The summed E-state index contributed by atoms with van der Waals surface area (Å²) in [7, 11) is 1.59. The van der Waals surface area contributed by atoms with E-state index in [1.54, 1.807) is 7.11 Å². The average molecular weight is 318 g/mol. The highest BCUT2D eigenvalue weighted by atomic mass is 16.5. The summed E-state index contributed by atoms with van der Waals surface area (Å²) in [5.74, 6) is 0.946. The highest BCUT2D eigenvalue weighted by Gasteiger charge is 2.27. The van der Waals surface area contributed by atoms with Crippen LogP contribution in [0.4, 0.5) is 0 Å². The van der Waals surface area contributed by atoms with Crippen molar-refractivity contribution in [3.63, 3.8) is 0 Å². The van der Waals surface area contributed by atoms with Crippen molar-refractivity contribution in [3.8, 4) is 5.75 Å². The molecule has 0 unspecified atom stereocenters. The van der Waals surface area contributed by atoms with Gasteiger partial charge in [-0.2, -0.15) is 0 Å². The number of aliphatic hydroxyl groups excluding tert-OH is 1. The van der Waals surface area contributed by atoms with Gasteiger partial charge in [0.2, 0.25) is 0 Å². The third kappa shape index (κ3) is 2.92. The lowest BCUT2D eigenvalue weighted by molar-refractivity contribution is 0.0586. The molecule has 23 heavy (non-hydrogen) atoms. The van der Waals surface area contributed by atoms with Crippen LogP contribution in [0.1, 0.15) is 16.1 Å². The van der Waals surface area contributed by atoms with Crippen LogP contribution in [-0.2, 0) is 0 Å². The number of hydrogen-bond acceptors (Lipinski definition) is 5. The minimum absolute atomic E-state index is 0.0793. The summed E-state index contributed by atoms with van der Waals surface area (Å²) < 4.78 is 11.2. The molecule has 1 fully saturated rings. The number of carbonyl (C=O) groups excluding carboxylic acids is 1. The van der Waals surface area contributed by atoms with Crippen LogP contribution in [0.5, 0.6) is 5.75 Å². The van der Waals surface area contributed by atoms with Gasteiger partial charge in [-0.1, -0.05) is 12.1 Å². The van der Waals surface area contributed by atoms with Gasteiger partial charge in [0.05, 0.1) is 13.7 Å². The number of fused-ring (bicyclic) bond motifs is 1. The van der Waals surface area contributed by atoms with Crippen molar-refractivity contribution in [2.75, 3.05) is 46.4 Å². The van der Waals surface area contributed by atoms with E-state index in [1.165, 1.54) is 0 Å². The minimum atomic E-state index is -0.0793. The average Bonchev–Trinajstić information content (AvgIpc) is 2.92. The van der Waals surface area contributed by atoms with E-state index in [-0.39, 0.29) is 12.5 Å². The maximum atomic E-state index is 12.8. The Morgan fingerprint density at radius 3 is 2.70 bits per heavy atom. The first-order valence-electron chi connectivity index (χ1n) is 7.84. The van der Waals surface area contributed by atoms with Gasteiger partial charge in [-0.15, -0.1) is 0 Å². The number of hydrogen-bond donors (Lipinski definition) is 1. The molecule has 0 atom stereocenters. The Morgan fingerprint density at radius 2 is 2.04 bits per heavy atom. The third-order valence-electron chi connectivity index (χ3n) is 4.42. The van der Waals surface area contributed by atoms with Crippen LogP contribution in [0.3, 0.4) is 0 Å². The molecule has 1 aromatic carbocycles. The van der Waals surface area contributed by atoms with E-state index in [1.807, 2.05) is 30.0 Å². The molecule has 6 heteroatoms. The van der Waals surface area contributed by atoms with Crippen molar-refractivity contribution < 1.29 is 19.1 Å². The quantitative estimate of drug-likeness (QED) is 0.925. The van der Waals surface area contributed by atoms with E-state index in [0.29, 0.717) is 36.7 Å². The minimum Gasteiger partial charge on any atom is -0.493 e. The van der Waals surface area contributed by atoms with Gasteiger partial charge in [-0.3, -0.25) is 9.69 Å². The molecule has 124 valence electrons. The van der Waals surface area contributed by atoms with Crippen molar-refractivity contribution in [1.29, 1.82) is 0 Å². The Morgan fingerprint density at radius 1 is 1.30 bits per heavy atom. The lowest BCUT2D eigenvalue weighted by Gasteiger charge is -2.33. The van der Waals surface area contributed by atoms with Gasteiger partial charge in [0.1, 0.15) is 0 Å². The zero-order valence-electron chi connectivity index (χ0n) is 13.5. The van der Waals surface area contributed by atoms with Gasteiger partial charge in [0.25, 0.3) is 5.91 Å². The van der Waals surface area contributed by atoms with Crippen LogP contribution >= 0.6 is 0 Å². The van der Waals surface area contributed by atoms with Crippen LogP contribution < -0.4 is 4.74 Å². The zero-order chi connectivity index (χ0) is 16.4. The lowest BCUT2D eigenvalue weighted by atomic mass is 10.1. The number of aryl methyl sites for hydroxylation is 1. The normalized spacial score (nSPS) is 16.0. The molecule has 0 bridgehead atoms. The second-order valence-electron chi connectivity index (χ2n) is 5.75. The molecule has 2 aromatic rings. The molecule has 0 saturated carbocycles. The standard InChI is InChI=1S/C17H22N2O4/c1-12-13-4-3-5-14(22-2)16(13)23-15(12)17(21)19-8-6-18(7-9-19)10-11-20/h3-5,20H,6-11H2,1-2H3. The maximum Gasteiger partial charge on any atom is 0.289 e. The van der Waals surface area contributed by atoms with Crippen molar-refractivity contribution in [1.82, 2.24) is 9.80 Å². The molecule has 1 amide bonds. The molecule has 6 nitrogen and oxygen atoms in total. The Balaban J connectivity index is 1.83. The number of aliphatic hydroxyl groups is 1. The number of carbonyl (C=O) groups is 1. The van der Waals surface area contributed by atoms with Crippen LogP contribution in [-0.4, -0.2) is 67.3 Å². The van der Waals surface area contributed by atoms with Gasteiger partial charge >= 0.3 is 0 Å². The zero-order valence-corrected chi connectivity index (χ0v) is 13.5. The SMILES string of the molecule is COc1cccc2c(C)c(C(=O)N3CCN(CCO)CC3)oc12. The number of para-hydroxylation sites is 1. The first-order valence-corrected chi connectivity index (χ1v) is 7.84. The van der Waals surface area contributed by atoms with E-state index >= 15 is 0 Å².